The van der Waals surface area contributed by atoms with E-state index in [9.17, 15) is 19.4 Å². The Hall–Kier alpha value is -4.60. The number of carbonyl (C=O) groups is 1. The Morgan fingerprint density at radius 1 is 1.04 bits per heavy atom. The molecule has 1 unspecified atom stereocenters. The minimum absolute atomic E-state index is 0.0169. The number of aliphatic hydroxyl groups is 1. The third-order valence-corrected chi connectivity index (χ3v) is 12.4. The average Bonchev–Trinajstić information content (AvgIpc) is 3.74. The number of benzene rings is 2. The van der Waals surface area contributed by atoms with Crippen molar-refractivity contribution in [1.82, 2.24) is 25.2 Å². The maximum atomic E-state index is 16.9. The lowest BCUT2D eigenvalue weighted by molar-refractivity contribution is -0.152. The van der Waals surface area contributed by atoms with Crippen LogP contribution in [-0.2, 0) is 4.79 Å². The average molecular weight is 695 g/mol. The second-order valence-electron chi connectivity index (χ2n) is 15.5. The van der Waals surface area contributed by atoms with Gasteiger partial charge in [-0.1, -0.05) is 12.0 Å². The van der Waals surface area contributed by atoms with Crippen LogP contribution in [0.1, 0.15) is 63.4 Å². The Kier molecular flexibility index (Phi) is 7.60. The zero-order valence-corrected chi connectivity index (χ0v) is 28.3. The number of amides is 1. The van der Waals surface area contributed by atoms with Gasteiger partial charge >= 0.3 is 6.01 Å². The minimum Gasteiger partial charge on any atom is -0.508 e. The van der Waals surface area contributed by atoms with Gasteiger partial charge in [0.1, 0.15) is 28.6 Å². The third kappa shape index (κ3) is 5.35. The lowest BCUT2D eigenvalue weighted by Gasteiger charge is -2.52. The van der Waals surface area contributed by atoms with Gasteiger partial charge in [0.15, 0.2) is 5.82 Å². The molecule has 264 valence electrons. The summed E-state index contributed by atoms with van der Waals surface area (Å²) in [7, 11) is 0. The number of nitrogens with one attached hydrogen (secondary N) is 1. The summed E-state index contributed by atoms with van der Waals surface area (Å²) in [6.07, 6.45) is 14.4. The Morgan fingerprint density at radius 3 is 2.47 bits per heavy atom. The van der Waals surface area contributed by atoms with Crippen molar-refractivity contribution in [1.29, 1.82) is 0 Å². The smallest absolute Gasteiger partial charge is 0.319 e. The first-order valence-electron chi connectivity index (χ1n) is 18.0. The van der Waals surface area contributed by atoms with Crippen LogP contribution in [0.4, 0.5) is 14.6 Å². The molecule has 5 heterocycles. The number of nitrogens with zero attached hydrogens (tertiary/aromatic N) is 5. The van der Waals surface area contributed by atoms with Crippen molar-refractivity contribution in [3.63, 3.8) is 0 Å². The number of carbonyl (C=O) groups excluding carboxylic acids is 1. The number of anilines is 1. The molecule has 2 aromatic carbocycles. The van der Waals surface area contributed by atoms with Crippen LogP contribution in [0.5, 0.6) is 11.8 Å². The van der Waals surface area contributed by atoms with E-state index in [4.69, 9.17) is 16.1 Å². The SMILES string of the molecule is C#Cc1c(F)ccc2cc(O)cc(-c3ncc4c(N5C[C@H]6CC[C@@H](C5)N6)nc(OCC56CCC(C(=O)N7CCC(O)C7)(CC5)CC6)nc4c3F)c12. The fraction of sp³-hybridized carbons (Fsp3) is 0.487. The van der Waals surface area contributed by atoms with Crippen molar-refractivity contribution in [3.05, 3.63) is 47.7 Å². The molecule has 51 heavy (non-hydrogen) atoms. The lowest BCUT2D eigenvalue weighted by atomic mass is 9.53. The predicted octanol–water partition coefficient (Wildman–Crippen LogP) is 5.06. The van der Waals surface area contributed by atoms with Gasteiger partial charge in [0.25, 0.3) is 0 Å². The molecule has 3 saturated carbocycles. The number of pyridine rings is 1. The van der Waals surface area contributed by atoms with E-state index < -0.39 is 17.7 Å². The topological polar surface area (TPSA) is 124 Å². The zero-order chi connectivity index (χ0) is 35.1. The molecular weight excluding hydrogens is 654 g/mol. The summed E-state index contributed by atoms with van der Waals surface area (Å²) in [5, 5.41) is 25.4. The van der Waals surface area contributed by atoms with Crippen LogP contribution in [-0.4, -0.2) is 86.9 Å². The van der Waals surface area contributed by atoms with E-state index in [2.05, 4.69) is 26.1 Å². The number of hydrogen-bond acceptors (Lipinski definition) is 9. The largest absolute Gasteiger partial charge is 0.508 e. The number of likely N-dealkylation sites (tertiary alicyclic amines) is 1. The van der Waals surface area contributed by atoms with Gasteiger partial charge in [-0.15, -0.1) is 6.42 Å². The van der Waals surface area contributed by atoms with Crippen molar-refractivity contribution in [2.45, 2.75) is 76.0 Å². The normalized spacial score (nSPS) is 28.5. The minimum atomic E-state index is -0.748. The summed E-state index contributed by atoms with van der Waals surface area (Å²) in [5.74, 6) is 1.59. The Morgan fingerprint density at radius 2 is 1.78 bits per heavy atom. The molecule has 10 nitrogen and oxygen atoms in total. The summed E-state index contributed by atoms with van der Waals surface area (Å²) in [5.41, 5.74) is -0.503. The number of aromatic nitrogens is 3. The van der Waals surface area contributed by atoms with Crippen molar-refractivity contribution in [2.75, 3.05) is 37.7 Å². The molecule has 12 heteroatoms. The molecule has 10 rings (SSSR count). The number of hydrogen-bond donors (Lipinski definition) is 3. The molecule has 3 aliphatic carbocycles. The molecule has 3 saturated heterocycles. The quantitative estimate of drug-likeness (QED) is 0.238. The van der Waals surface area contributed by atoms with Gasteiger partial charge in [0, 0.05) is 66.2 Å². The van der Waals surface area contributed by atoms with E-state index in [-0.39, 0.29) is 56.2 Å². The highest BCUT2D eigenvalue weighted by Crippen LogP contribution is 2.58. The molecule has 2 aromatic heterocycles. The van der Waals surface area contributed by atoms with Crippen LogP contribution in [0, 0.1) is 34.8 Å². The molecule has 0 radical (unpaired) electrons. The highest BCUT2D eigenvalue weighted by atomic mass is 19.1. The van der Waals surface area contributed by atoms with Gasteiger partial charge < -0.3 is 30.1 Å². The van der Waals surface area contributed by atoms with Crippen LogP contribution in [0.3, 0.4) is 0 Å². The number of aromatic hydroxyl groups is 1. The predicted molar refractivity (Wildman–Crippen MR) is 187 cm³/mol. The molecule has 4 bridgehead atoms. The zero-order valence-electron chi connectivity index (χ0n) is 28.3. The monoisotopic (exact) mass is 694 g/mol. The van der Waals surface area contributed by atoms with Gasteiger partial charge in [-0.2, -0.15) is 9.97 Å². The summed E-state index contributed by atoms with van der Waals surface area (Å²) >= 11 is 0. The van der Waals surface area contributed by atoms with E-state index in [1.165, 1.54) is 24.3 Å². The fourth-order valence-corrected chi connectivity index (χ4v) is 9.52. The van der Waals surface area contributed by atoms with Crippen LogP contribution in [0.15, 0.2) is 30.5 Å². The van der Waals surface area contributed by atoms with Crippen molar-refractivity contribution in [2.24, 2.45) is 10.8 Å². The Balaban J connectivity index is 1.07. The summed E-state index contributed by atoms with van der Waals surface area (Å²) < 4.78 is 38.3. The van der Waals surface area contributed by atoms with Crippen LogP contribution in [0.25, 0.3) is 32.9 Å². The van der Waals surface area contributed by atoms with Gasteiger partial charge in [-0.25, -0.2) is 8.78 Å². The number of phenols is 1. The lowest BCUT2D eigenvalue weighted by Crippen LogP contribution is -2.52. The first-order valence-corrected chi connectivity index (χ1v) is 18.0. The number of halogens is 2. The first-order chi connectivity index (χ1) is 24.6. The van der Waals surface area contributed by atoms with E-state index in [0.29, 0.717) is 67.9 Å². The number of β-amino-alcohol motifs (C(OH)–C–C–N with tert-alkyl or cyclic N) is 1. The standard InChI is InChI=1S/C39H40F2N6O4/c1-2-27-30(40)6-3-22-15-26(49)16-28(31(22)27)33-32(41)34-29(17-42-33)35(47-18-23-4-5-24(19-47)43-23)45-37(44-34)51-21-38-8-11-39(12-9-38,13-10-38)36(50)46-14-7-25(48)20-46/h1,3,6,15-17,23-25,43,48-49H,4-5,7-14,18-21H2/t23-,24+,25?,38?,39?. The van der Waals surface area contributed by atoms with Gasteiger partial charge in [-0.3, -0.25) is 9.78 Å². The number of fused-ring (bicyclic) bond motifs is 7. The van der Waals surface area contributed by atoms with E-state index in [0.717, 1.165) is 51.4 Å². The third-order valence-electron chi connectivity index (χ3n) is 12.4. The number of ether oxygens (including phenoxy) is 1. The number of piperazine rings is 1. The summed E-state index contributed by atoms with van der Waals surface area (Å²) in [6.45, 7) is 2.77. The highest BCUT2D eigenvalue weighted by molar-refractivity contribution is 6.03. The number of terminal acetylenes is 1. The number of aliphatic hydroxyl groups excluding tert-OH is 1. The summed E-state index contributed by atoms with van der Waals surface area (Å²) in [4.78, 5) is 31.6. The molecule has 6 fully saturated rings. The van der Waals surface area contributed by atoms with Crippen molar-refractivity contribution in [3.8, 4) is 35.4 Å². The van der Waals surface area contributed by atoms with Gasteiger partial charge in [0.05, 0.1) is 23.7 Å². The molecule has 0 spiro atoms. The molecule has 3 N–H and O–H groups in total. The van der Waals surface area contributed by atoms with E-state index in [1.54, 1.807) is 6.20 Å². The van der Waals surface area contributed by atoms with Crippen LogP contribution < -0.4 is 15.0 Å². The maximum Gasteiger partial charge on any atom is 0.319 e. The summed E-state index contributed by atoms with van der Waals surface area (Å²) in [6, 6.07) is 6.16. The molecular formula is C39H40F2N6O4. The second kappa shape index (κ2) is 12.0. The Labute approximate surface area is 294 Å². The van der Waals surface area contributed by atoms with Crippen molar-refractivity contribution < 1.29 is 28.5 Å². The Bertz CT molecular complexity index is 2100. The highest BCUT2D eigenvalue weighted by Gasteiger charge is 2.54. The maximum absolute atomic E-state index is 16.9. The second-order valence-corrected chi connectivity index (χ2v) is 15.5. The van der Waals surface area contributed by atoms with E-state index >= 15 is 4.39 Å². The van der Waals surface area contributed by atoms with Crippen LogP contribution in [0.2, 0.25) is 0 Å². The van der Waals surface area contributed by atoms with Gasteiger partial charge in [-0.05, 0) is 81.4 Å². The fourth-order valence-electron chi connectivity index (χ4n) is 9.52. The molecule has 6 aliphatic rings. The van der Waals surface area contributed by atoms with E-state index in [1.807, 2.05) is 4.90 Å². The van der Waals surface area contributed by atoms with Gasteiger partial charge in [0.2, 0.25) is 5.91 Å². The van der Waals surface area contributed by atoms with Crippen molar-refractivity contribution >= 4 is 33.4 Å². The molecule has 3 aliphatic heterocycles. The molecule has 3 atom stereocenters. The molecule has 4 aromatic rings. The first kappa shape index (κ1) is 32.3. The number of rotatable bonds is 6. The van der Waals surface area contributed by atoms with Crippen LogP contribution >= 0.6 is 0 Å². The molecule has 1 amide bonds. The number of phenolic OH excluding ortho intramolecular Hbond substituents is 1.